The van der Waals surface area contributed by atoms with Crippen molar-refractivity contribution in [2.75, 3.05) is 39.5 Å². The maximum absolute atomic E-state index is 13.0. The zero-order valence-corrected chi connectivity index (χ0v) is 23.8. The standard InChI is InChI=1S/C29H27BrN2O6S/c1-2-37-24-15-20(14-23(30)27(24)38-18-19-7-8-21-5-3-4-6-22(21)13-19)16-25-28(34)32(29(35)39-25)17-26(33)31-9-11-36-12-10-31/h3-8,13-16H,2,9-12,17-18H2,1H3/b25-16+. The topological polar surface area (TPSA) is 85.4 Å². The maximum Gasteiger partial charge on any atom is 0.294 e. The molecule has 2 saturated heterocycles. The first kappa shape index (κ1) is 27.2. The van der Waals surface area contributed by atoms with Gasteiger partial charge in [0.2, 0.25) is 5.91 Å². The summed E-state index contributed by atoms with van der Waals surface area (Å²) in [5.41, 5.74) is 1.68. The second kappa shape index (κ2) is 12.2. The van der Waals surface area contributed by atoms with Crippen molar-refractivity contribution in [3.8, 4) is 11.5 Å². The predicted octanol–water partition coefficient (Wildman–Crippen LogP) is 5.48. The average Bonchev–Trinajstić information content (AvgIpc) is 3.20. The number of hydrogen-bond acceptors (Lipinski definition) is 7. The molecule has 5 rings (SSSR count). The van der Waals surface area contributed by atoms with Crippen LogP contribution in [0.5, 0.6) is 11.5 Å². The Morgan fingerprint density at radius 2 is 1.82 bits per heavy atom. The first-order chi connectivity index (χ1) is 18.9. The summed E-state index contributed by atoms with van der Waals surface area (Å²) in [4.78, 5) is 41.0. The molecule has 10 heteroatoms. The van der Waals surface area contributed by atoms with Crippen LogP contribution in [-0.4, -0.2) is 66.3 Å². The number of fused-ring (bicyclic) bond motifs is 1. The number of hydrogen-bond donors (Lipinski definition) is 0. The van der Waals surface area contributed by atoms with E-state index in [1.54, 1.807) is 17.0 Å². The molecule has 3 aromatic carbocycles. The fraction of sp³-hybridized carbons (Fsp3) is 0.276. The first-order valence-corrected chi connectivity index (χ1v) is 14.2. The van der Waals surface area contributed by atoms with Crippen LogP contribution < -0.4 is 9.47 Å². The predicted molar refractivity (Wildman–Crippen MR) is 154 cm³/mol. The third-order valence-corrected chi connectivity index (χ3v) is 7.85. The van der Waals surface area contributed by atoms with Crippen molar-refractivity contribution < 1.29 is 28.6 Å². The number of carbonyl (C=O) groups excluding carboxylic acids is 3. The van der Waals surface area contributed by atoms with Crippen molar-refractivity contribution in [1.29, 1.82) is 0 Å². The van der Waals surface area contributed by atoms with E-state index >= 15 is 0 Å². The molecule has 0 aliphatic carbocycles. The van der Waals surface area contributed by atoms with E-state index in [0.29, 0.717) is 61.1 Å². The van der Waals surface area contributed by atoms with Crippen LogP contribution in [0.2, 0.25) is 0 Å². The largest absolute Gasteiger partial charge is 0.490 e. The van der Waals surface area contributed by atoms with Gasteiger partial charge in [0, 0.05) is 13.1 Å². The molecular formula is C29H27BrN2O6S. The Hall–Kier alpha value is -3.34. The smallest absolute Gasteiger partial charge is 0.294 e. The molecule has 2 fully saturated rings. The van der Waals surface area contributed by atoms with E-state index < -0.39 is 11.1 Å². The van der Waals surface area contributed by atoms with Crippen LogP contribution in [0.25, 0.3) is 16.8 Å². The highest BCUT2D eigenvalue weighted by molar-refractivity contribution is 9.10. The van der Waals surface area contributed by atoms with E-state index in [1.165, 1.54) is 0 Å². The molecule has 2 aliphatic heterocycles. The zero-order chi connectivity index (χ0) is 27.4. The van der Waals surface area contributed by atoms with E-state index in [-0.39, 0.29) is 17.4 Å². The molecule has 0 aromatic heterocycles. The Morgan fingerprint density at radius 3 is 2.59 bits per heavy atom. The number of rotatable bonds is 8. The molecule has 3 amide bonds. The van der Waals surface area contributed by atoms with Crippen molar-refractivity contribution in [2.45, 2.75) is 13.5 Å². The van der Waals surface area contributed by atoms with Gasteiger partial charge in [-0.15, -0.1) is 0 Å². The van der Waals surface area contributed by atoms with Crippen molar-refractivity contribution in [3.05, 3.63) is 75.1 Å². The minimum atomic E-state index is -0.489. The van der Waals surface area contributed by atoms with Gasteiger partial charge in [0.1, 0.15) is 13.2 Å². The molecule has 2 heterocycles. The summed E-state index contributed by atoms with van der Waals surface area (Å²) >= 11 is 4.40. The summed E-state index contributed by atoms with van der Waals surface area (Å²) in [7, 11) is 0. The molecule has 0 unspecified atom stereocenters. The third kappa shape index (κ3) is 6.29. The number of ether oxygens (including phenoxy) is 3. The van der Waals surface area contributed by atoms with Gasteiger partial charge in [-0.25, -0.2) is 0 Å². The van der Waals surface area contributed by atoms with Gasteiger partial charge in [-0.2, -0.15) is 0 Å². The fourth-order valence-corrected chi connectivity index (χ4v) is 5.81. The van der Waals surface area contributed by atoms with Crippen LogP contribution in [0, 0.1) is 0 Å². The number of halogens is 1. The van der Waals surface area contributed by atoms with Crippen LogP contribution >= 0.6 is 27.7 Å². The van der Waals surface area contributed by atoms with E-state index in [9.17, 15) is 14.4 Å². The summed E-state index contributed by atoms with van der Waals surface area (Å²) in [6.07, 6.45) is 1.63. The molecule has 2 aliphatic rings. The summed E-state index contributed by atoms with van der Waals surface area (Å²) in [5.74, 6) is 0.306. The quantitative estimate of drug-likeness (QED) is 0.312. The van der Waals surface area contributed by atoms with Gasteiger partial charge >= 0.3 is 0 Å². The van der Waals surface area contributed by atoms with Gasteiger partial charge in [0.05, 0.1) is 29.2 Å². The molecule has 3 aromatic rings. The maximum atomic E-state index is 13.0. The van der Waals surface area contributed by atoms with E-state index in [2.05, 4.69) is 40.2 Å². The summed E-state index contributed by atoms with van der Waals surface area (Å²) in [6, 6.07) is 17.9. The number of thioether (sulfide) groups is 1. The van der Waals surface area contributed by atoms with Crippen LogP contribution in [0.4, 0.5) is 4.79 Å². The Balaban J connectivity index is 1.32. The number of benzene rings is 3. The lowest BCUT2D eigenvalue weighted by Gasteiger charge is -2.28. The molecule has 39 heavy (non-hydrogen) atoms. The third-order valence-electron chi connectivity index (χ3n) is 6.36. The number of morpholine rings is 1. The molecule has 0 N–H and O–H groups in total. The number of imide groups is 1. The van der Waals surface area contributed by atoms with Crippen molar-refractivity contribution in [2.24, 2.45) is 0 Å². The van der Waals surface area contributed by atoms with Crippen LogP contribution in [-0.2, 0) is 20.9 Å². The summed E-state index contributed by atoms with van der Waals surface area (Å²) < 4.78 is 17.9. The second-order valence-corrected chi connectivity index (χ2v) is 10.8. The molecule has 0 saturated carbocycles. The molecule has 0 radical (unpaired) electrons. The Bertz CT molecular complexity index is 1450. The highest BCUT2D eigenvalue weighted by Crippen LogP contribution is 2.40. The molecule has 8 nitrogen and oxygen atoms in total. The van der Waals surface area contributed by atoms with Crippen molar-refractivity contribution in [1.82, 2.24) is 9.80 Å². The zero-order valence-electron chi connectivity index (χ0n) is 21.4. The monoisotopic (exact) mass is 610 g/mol. The lowest BCUT2D eigenvalue weighted by Crippen LogP contribution is -2.46. The lowest BCUT2D eigenvalue weighted by atomic mass is 10.1. The number of amides is 3. The Kier molecular flexibility index (Phi) is 8.54. The summed E-state index contributed by atoms with van der Waals surface area (Å²) in [5, 5.41) is 1.84. The fourth-order valence-electron chi connectivity index (χ4n) is 4.39. The van der Waals surface area contributed by atoms with Gasteiger partial charge in [-0.1, -0.05) is 36.4 Å². The molecule has 0 spiro atoms. The van der Waals surface area contributed by atoms with Gasteiger partial charge < -0.3 is 19.1 Å². The highest BCUT2D eigenvalue weighted by atomic mass is 79.9. The first-order valence-electron chi connectivity index (χ1n) is 12.6. The minimum absolute atomic E-state index is 0.244. The lowest BCUT2D eigenvalue weighted by molar-refractivity contribution is -0.139. The van der Waals surface area contributed by atoms with E-state index in [4.69, 9.17) is 14.2 Å². The van der Waals surface area contributed by atoms with Crippen LogP contribution in [0.3, 0.4) is 0 Å². The highest BCUT2D eigenvalue weighted by Gasteiger charge is 2.37. The molecule has 0 atom stereocenters. The van der Waals surface area contributed by atoms with Crippen LogP contribution in [0.15, 0.2) is 64.0 Å². The number of nitrogens with zero attached hydrogens (tertiary/aromatic N) is 2. The van der Waals surface area contributed by atoms with Crippen LogP contribution in [0.1, 0.15) is 18.1 Å². The Morgan fingerprint density at radius 1 is 1.05 bits per heavy atom. The number of carbonyl (C=O) groups is 3. The van der Waals surface area contributed by atoms with Gasteiger partial charge in [0.15, 0.2) is 11.5 Å². The molecule has 0 bridgehead atoms. The second-order valence-electron chi connectivity index (χ2n) is 8.99. The van der Waals surface area contributed by atoms with E-state index in [0.717, 1.165) is 33.0 Å². The van der Waals surface area contributed by atoms with Crippen molar-refractivity contribution in [3.63, 3.8) is 0 Å². The van der Waals surface area contributed by atoms with Gasteiger partial charge in [-0.3, -0.25) is 19.3 Å². The summed E-state index contributed by atoms with van der Waals surface area (Å²) in [6.45, 7) is 4.17. The minimum Gasteiger partial charge on any atom is -0.490 e. The average molecular weight is 612 g/mol. The van der Waals surface area contributed by atoms with Gasteiger partial charge in [0.25, 0.3) is 11.1 Å². The van der Waals surface area contributed by atoms with Gasteiger partial charge in [-0.05, 0) is 80.8 Å². The van der Waals surface area contributed by atoms with Crippen molar-refractivity contribution >= 4 is 61.6 Å². The SMILES string of the molecule is CCOc1cc(/C=C2/SC(=O)N(CC(=O)N3CCOCC3)C2=O)cc(Br)c1OCc1ccc2ccccc2c1. The van der Waals surface area contributed by atoms with E-state index in [1.807, 2.05) is 31.2 Å². The molecular weight excluding hydrogens is 584 g/mol. The molecule has 202 valence electrons. The Labute approximate surface area is 239 Å². The normalized spacial score (nSPS) is 16.8.